The molecule has 10 heteroatoms. The summed E-state index contributed by atoms with van der Waals surface area (Å²) in [7, 11) is 0. The van der Waals surface area contributed by atoms with E-state index in [1.165, 1.54) is 0 Å². The van der Waals surface area contributed by atoms with Crippen LogP contribution in [0.25, 0.3) is 0 Å². The smallest absolute Gasteiger partial charge is 0.119 e. The number of rotatable bonds is 27. The van der Waals surface area contributed by atoms with E-state index in [2.05, 4.69) is 15.9 Å². The molecule has 1 aromatic rings. The van der Waals surface area contributed by atoms with Crippen molar-refractivity contribution in [2.24, 2.45) is 0 Å². The van der Waals surface area contributed by atoms with Crippen LogP contribution in [0.3, 0.4) is 0 Å². The Morgan fingerprint density at radius 3 is 1.00 bits per heavy atom. The Bertz CT molecular complexity index is 510. The molecule has 198 valence electrons. The molecule has 0 unspecified atom stereocenters. The van der Waals surface area contributed by atoms with Crippen LogP contribution in [0.1, 0.15) is 0 Å². The number of benzene rings is 1. The second-order valence-corrected chi connectivity index (χ2v) is 7.54. The summed E-state index contributed by atoms with van der Waals surface area (Å²) < 4.78 is 48.9. The highest BCUT2D eigenvalue weighted by Crippen LogP contribution is 2.07. The summed E-state index contributed by atoms with van der Waals surface area (Å²) in [5.41, 5.74) is 0. The van der Waals surface area contributed by atoms with Gasteiger partial charge in [0.1, 0.15) is 12.4 Å². The molecule has 0 aromatic heterocycles. The van der Waals surface area contributed by atoms with Gasteiger partial charge in [0.2, 0.25) is 0 Å². The minimum Gasteiger partial charge on any atom is -0.491 e. The highest BCUT2D eigenvalue weighted by molar-refractivity contribution is 9.09. The van der Waals surface area contributed by atoms with E-state index in [0.717, 1.165) is 11.1 Å². The first-order chi connectivity index (χ1) is 16.9. The zero-order valence-corrected chi connectivity index (χ0v) is 21.8. The van der Waals surface area contributed by atoms with Gasteiger partial charge < -0.3 is 42.6 Å². The van der Waals surface area contributed by atoms with Crippen LogP contribution in [0.2, 0.25) is 0 Å². The lowest BCUT2D eigenvalue weighted by Crippen LogP contribution is -2.15. The zero-order valence-electron chi connectivity index (χ0n) is 20.2. The van der Waals surface area contributed by atoms with Crippen LogP contribution in [0.4, 0.5) is 0 Å². The molecule has 0 radical (unpaired) electrons. The highest BCUT2D eigenvalue weighted by Gasteiger charge is 1.96. The summed E-state index contributed by atoms with van der Waals surface area (Å²) in [5, 5.41) is 0.842. The summed E-state index contributed by atoms with van der Waals surface area (Å²) in [6, 6.07) is 9.68. The molecular formula is C24H41BrO9. The summed E-state index contributed by atoms with van der Waals surface area (Å²) in [5.74, 6) is 0.849. The van der Waals surface area contributed by atoms with Crippen LogP contribution in [-0.2, 0) is 37.9 Å². The molecule has 9 nitrogen and oxygen atoms in total. The van der Waals surface area contributed by atoms with Crippen molar-refractivity contribution in [1.82, 2.24) is 0 Å². The van der Waals surface area contributed by atoms with Gasteiger partial charge in [-0.15, -0.1) is 0 Å². The molecule has 1 aromatic carbocycles. The molecule has 0 atom stereocenters. The topological polar surface area (TPSA) is 83.1 Å². The van der Waals surface area contributed by atoms with Crippen molar-refractivity contribution in [2.45, 2.75) is 0 Å². The number of halogens is 1. The van der Waals surface area contributed by atoms with Crippen LogP contribution >= 0.6 is 15.9 Å². The van der Waals surface area contributed by atoms with E-state index in [-0.39, 0.29) is 0 Å². The first-order valence-electron chi connectivity index (χ1n) is 11.8. The Labute approximate surface area is 212 Å². The average molecular weight is 553 g/mol. The third kappa shape index (κ3) is 22.9. The molecule has 0 aliphatic rings. The Morgan fingerprint density at radius 1 is 0.382 bits per heavy atom. The number of hydrogen-bond donors (Lipinski definition) is 0. The number of para-hydroxylation sites is 1. The molecule has 0 saturated carbocycles. The molecule has 0 bridgehead atoms. The van der Waals surface area contributed by atoms with E-state index in [0.29, 0.717) is 112 Å². The molecule has 0 N–H and O–H groups in total. The van der Waals surface area contributed by atoms with Crippen LogP contribution < -0.4 is 4.74 Å². The molecule has 1 rings (SSSR count). The maximum Gasteiger partial charge on any atom is 0.119 e. The van der Waals surface area contributed by atoms with Crippen molar-refractivity contribution in [3.05, 3.63) is 30.3 Å². The molecule has 34 heavy (non-hydrogen) atoms. The van der Waals surface area contributed by atoms with Crippen LogP contribution in [0.15, 0.2) is 30.3 Å². The van der Waals surface area contributed by atoms with E-state index < -0.39 is 0 Å². The van der Waals surface area contributed by atoms with Crippen molar-refractivity contribution in [3.8, 4) is 5.75 Å². The van der Waals surface area contributed by atoms with E-state index in [4.69, 9.17) is 42.6 Å². The van der Waals surface area contributed by atoms with Gasteiger partial charge in [-0.2, -0.15) is 0 Å². The van der Waals surface area contributed by atoms with Crippen molar-refractivity contribution in [1.29, 1.82) is 0 Å². The number of alkyl halides is 1. The van der Waals surface area contributed by atoms with Crippen molar-refractivity contribution >= 4 is 15.9 Å². The molecular weight excluding hydrogens is 512 g/mol. The Kier molecular flexibility index (Phi) is 24.6. The van der Waals surface area contributed by atoms with Gasteiger partial charge in [-0.3, -0.25) is 0 Å². The minimum atomic E-state index is 0.524. The fourth-order valence-corrected chi connectivity index (χ4v) is 2.66. The van der Waals surface area contributed by atoms with Gasteiger partial charge in [0.15, 0.2) is 0 Å². The molecule has 0 amide bonds. The molecule has 0 heterocycles. The average Bonchev–Trinajstić information content (AvgIpc) is 2.87. The van der Waals surface area contributed by atoms with Crippen LogP contribution in [0, 0.1) is 0 Å². The summed E-state index contributed by atoms with van der Waals surface area (Å²) in [4.78, 5) is 0. The van der Waals surface area contributed by atoms with E-state index >= 15 is 0 Å². The van der Waals surface area contributed by atoms with Gasteiger partial charge in [0.05, 0.1) is 106 Å². The Hall–Kier alpha value is -0.820. The van der Waals surface area contributed by atoms with Gasteiger partial charge in [-0.25, -0.2) is 0 Å². The first-order valence-corrected chi connectivity index (χ1v) is 12.9. The standard InChI is InChI=1S/C24H41BrO9/c25-6-7-26-8-9-27-10-11-28-12-13-29-14-15-30-16-17-31-18-19-32-20-21-33-22-23-34-24-4-2-1-3-5-24/h1-5H,6-23H2. The quantitative estimate of drug-likeness (QED) is 0.121. The SMILES string of the molecule is BrCCOCCOCCOCCOCCOCCOCCOCCOCCOc1ccccc1. The molecule has 0 saturated heterocycles. The molecule has 0 aliphatic heterocycles. The van der Waals surface area contributed by atoms with Gasteiger partial charge >= 0.3 is 0 Å². The van der Waals surface area contributed by atoms with Gasteiger partial charge in [0.25, 0.3) is 0 Å². The zero-order chi connectivity index (χ0) is 24.2. The normalized spacial score (nSPS) is 11.2. The molecule has 0 aliphatic carbocycles. The number of ether oxygens (including phenoxy) is 9. The highest BCUT2D eigenvalue weighted by atomic mass is 79.9. The van der Waals surface area contributed by atoms with Crippen molar-refractivity contribution in [2.75, 3.05) is 118 Å². The number of hydrogen-bond acceptors (Lipinski definition) is 9. The largest absolute Gasteiger partial charge is 0.491 e. The fraction of sp³-hybridized carbons (Fsp3) is 0.750. The third-order valence-electron chi connectivity index (χ3n) is 4.07. The maximum absolute atomic E-state index is 5.54. The second kappa shape index (κ2) is 26.8. The Balaban J connectivity index is 1.64. The third-order valence-corrected chi connectivity index (χ3v) is 4.39. The molecule has 0 spiro atoms. The summed E-state index contributed by atoms with van der Waals surface area (Å²) >= 11 is 3.30. The van der Waals surface area contributed by atoms with Crippen LogP contribution in [0.5, 0.6) is 5.75 Å². The maximum atomic E-state index is 5.54. The van der Waals surface area contributed by atoms with Gasteiger partial charge in [0, 0.05) is 5.33 Å². The molecule has 0 fully saturated rings. The predicted molar refractivity (Wildman–Crippen MR) is 132 cm³/mol. The second-order valence-electron chi connectivity index (χ2n) is 6.75. The summed E-state index contributed by atoms with van der Waals surface area (Å²) in [6.45, 7) is 9.39. The minimum absolute atomic E-state index is 0.524. The monoisotopic (exact) mass is 552 g/mol. The van der Waals surface area contributed by atoms with Crippen LogP contribution in [-0.4, -0.2) is 118 Å². The van der Waals surface area contributed by atoms with Gasteiger partial charge in [-0.1, -0.05) is 34.1 Å². The summed E-state index contributed by atoms with van der Waals surface area (Å²) in [6.07, 6.45) is 0. The van der Waals surface area contributed by atoms with E-state index in [1.807, 2.05) is 30.3 Å². The van der Waals surface area contributed by atoms with E-state index in [1.54, 1.807) is 0 Å². The lowest BCUT2D eigenvalue weighted by atomic mass is 10.3. The van der Waals surface area contributed by atoms with Crippen molar-refractivity contribution in [3.63, 3.8) is 0 Å². The fourth-order valence-electron chi connectivity index (χ4n) is 2.43. The lowest BCUT2D eigenvalue weighted by Gasteiger charge is -2.09. The predicted octanol–water partition coefficient (Wildman–Crippen LogP) is 2.59. The van der Waals surface area contributed by atoms with Crippen molar-refractivity contribution < 1.29 is 42.6 Å². The van der Waals surface area contributed by atoms with E-state index in [9.17, 15) is 0 Å². The van der Waals surface area contributed by atoms with Gasteiger partial charge in [-0.05, 0) is 12.1 Å². The lowest BCUT2D eigenvalue weighted by molar-refractivity contribution is -0.0233. The first kappa shape index (κ1) is 31.2. The Morgan fingerprint density at radius 2 is 0.676 bits per heavy atom.